The van der Waals surface area contributed by atoms with E-state index in [0.717, 1.165) is 54.3 Å². The van der Waals surface area contributed by atoms with Crippen LogP contribution in [-0.2, 0) is 4.79 Å². The molecule has 1 unspecified atom stereocenters. The van der Waals surface area contributed by atoms with Crippen molar-refractivity contribution in [3.63, 3.8) is 0 Å². The van der Waals surface area contributed by atoms with Crippen molar-refractivity contribution in [3.8, 4) is 0 Å². The van der Waals surface area contributed by atoms with E-state index in [9.17, 15) is 9.90 Å². The molecule has 0 aromatic rings. The van der Waals surface area contributed by atoms with Gasteiger partial charge in [0.15, 0.2) is 0 Å². The second-order valence-electron chi connectivity index (χ2n) is 12.1. The van der Waals surface area contributed by atoms with Gasteiger partial charge in [0.25, 0.3) is 0 Å². The molecule has 0 fully saturated rings. The molecule has 4 nitrogen and oxygen atoms in total. The number of aliphatic hydroxyl groups excluding tert-OH is 3. The molecule has 0 radical (unpaired) electrons. The summed E-state index contributed by atoms with van der Waals surface area (Å²) in [5.74, 6) is 0. The number of hydrogen-bond acceptors (Lipinski definition) is 4. The average molecular weight is 692 g/mol. The maximum absolute atomic E-state index is 10.1. The standard InChI is InChI=1S/C19H34O2.C12H25.C7H8O2.BrH.Mg/c1-2-3-4-5-6-7-8-9-10-11-12-19(21)18-14-13-17(15-18)16-20;1-3-5-7-9-11-12-10-8-6-4-2;8-4-6-1-2-7(3-6)5-9;;/h13-14,19-21H,2-12,15-16H2,1H3;1,3-12H2,2H3;1-2,4,9H,3,5H2;1H;/q;-1;;;+2/p-1. The normalized spacial score (nSPS) is 14.0. The number of carbonyl (C=O) groups excluding carboxylic acids is 1. The summed E-state index contributed by atoms with van der Waals surface area (Å²) in [5, 5.41) is 27.7. The fourth-order valence-electron chi connectivity index (χ4n) is 5.23. The molecule has 2 aliphatic carbocycles. The Kier molecular flexibility index (Phi) is 40.7. The van der Waals surface area contributed by atoms with Crippen LogP contribution in [0.2, 0.25) is 0 Å². The minimum atomic E-state index is -0.306. The van der Waals surface area contributed by atoms with Crippen LogP contribution in [-0.4, -0.2) is 64.0 Å². The predicted octanol–water partition coefficient (Wildman–Crippen LogP) is 6.71. The molecule has 0 aromatic carbocycles. The van der Waals surface area contributed by atoms with E-state index in [1.54, 1.807) is 12.2 Å². The molecular formula is C38H67BrMgO4. The molecule has 0 heterocycles. The fraction of sp³-hybridized carbons (Fsp3) is 0.737. The van der Waals surface area contributed by atoms with Gasteiger partial charge in [0, 0.05) is 0 Å². The molecule has 0 saturated heterocycles. The molecule has 252 valence electrons. The molecule has 0 bridgehead atoms. The van der Waals surface area contributed by atoms with E-state index in [1.807, 2.05) is 12.2 Å². The van der Waals surface area contributed by atoms with Crippen LogP contribution in [0.1, 0.15) is 162 Å². The first-order chi connectivity index (χ1) is 20.6. The van der Waals surface area contributed by atoms with Crippen molar-refractivity contribution >= 4 is 29.3 Å². The number of hydrogen-bond donors (Lipinski definition) is 3. The summed E-state index contributed by atoms with van der Waals surface area (Å²) in [6, 6.07) is 0. The minimum Gasteiger partial charge on any atom is -1.00 e. The quantitative estimate of drug-likeness (QED) is 0.0456. The van der Waals surface area contributed by atoms with Crippen LogP contribution >= 0.6 is 0 Å². The van der Waals surface area contributed by atoms with E-state index in [2.05, 4.69) is 20.8 Å². The molecule has 0 saturated carbocycles. The van der Waals surface area contributed by atoms with Gasteiger partial charge in [0.05, 0.1) is 19.3 Å². The second-order valence-corrected chi connectivity index (χ2v) is 12.1. The first-order valence-electron chi connectivity index (χ1n) is 17.5. The molecule has 0 amide bonds. The Balaban J connectivity index is -0.000000621. The Bertz CT molecular complexity index is 750. The molecule has 2 aliphatic rings. The van der Waals surface area contributed by atoms with Gasteiger partial charge in [-0.2, -0.15) is 6.42 Å². The van der Waals surface area contributed by atoms with Gasteiger partial charge >= 0.3 is 23.1 Å². The summed E-state index contributed by atoms with van der Waals surface area (Å²) in [5.41, 5.74) is 3.76. The Morgan fingerprint density at radius 1 is 0.659 bits per heavy atom. The van der Waals surface area contributed by atoms with Crippen molar-refractivity contribution in [3.05, 3.63) is 53.5 Å². The zero-order valence-corrected chi connectivity index (χ0v) is 31.7. The predicted molar refractivity (Wildman–Crippen MR) is 187 cm³/mol. The molecule has 2 rings (SSSR count). The molecule has 3 N–H and O–H groups in total. The Morgan fingerprint density at radius 2 is 1.07 bits per heavy atom. The van der Waals surface area contributed by atoms with E-state index < -0.39 is 0 Å². The molecule has 0 spiro atoms. The van der Waals surface area contributed by atoms with Gasteiger partial charge in [-0.1, -0.05) is 160 Å². The van der Waals surface area contributed by atoms with Crippen LogP contribution in [0.3, 0.4) is 0 Å². The van der Waals surface area contributed by atoms with Gasteiger partial charge in [0.1, 0.15) is 6.29 Å². The fourth-order valence-corrected chi connectivity index (χ4v) is 5.23. The molecule has 0 aliphatic heterocycles. The van der Waals surface area contributed by atoms with Crippen molar-refractivity contribution in [2.45, 2.75) is 168 Å². The molecule has 0 aromatic heterocycles. The van der Waals surface area contributed by atoms with Crippen molar-refractivity contribution in [2.24, 2.45) is 0 Å². The Hall–Kier alpha value is -0.244. The molecule has 1 atom stereocenters. The first kappa shape index (κ1) is 48.2. The van der Waals surface area contributed by atoms with Crippen molar-refractivity contribution in [1.29, 1.82) is 0 Å². The van der Waals surface area contributed by atoms with Gasteiger partial charge < -0.3 is 39.2 Å². The van der Waals surface area contributed by atoms with Crippen molar-refractivity contribution in [1.82, 2.24) is 0 Å². The third kappa shape index (κ3) is 29.2. The van der Waals surface area contributed by atoms with Crippen LogP contribution in [0.5, 0.6) is 0 Å². The zero-order chi connectivity index (χ0) is 31.1. The van der Waals surface area contributed by atoms with Crippen LogP contribution in [0.4, 0.5) is 0 Å². The monoisotopic (exact) mass is 690 g/mol. The number of unbranched alkanes of at least 4 members (excludes halogenated alkanes) is 18. The first-order valence-corrected chi connectivity index (χ1v) is 17.5. The maximum atomic E-state index is 10.1. The summed E-state index contributed by atoms with van der Waals surface area (Å²) < 4.78 is 0. The molecule has 44 heavy (non-hydrogen) atoms. The van der Waals surface area contributed by atoms with Gasteiger partial charge in [-0.15, -0.1) is 0 Å². The smallest absolute Gasteiger partial charge is 1.00 e. The molecule has 6 heteroatoms. The Morgan fingerprint density at radius 3 is 1.43 bits per heavy atom. The van der Waals surface area contributed by atoms with Crippen LogP contribution in [0.25, 0.3) is 0 Å². The summed E-state index contributed by atoms with van der Waals surface area (Å²) in [6.45, 7) is 8.56. The molecular weight excluding hydrogens is 625 g/mol. The number of rotatable bonds is 24. The van der Waals surface area contributed by atoms with Crippen molar-refractivity contribution in [2.75, 3.05) is 13.2 Å². The summed E-state index contributed by atoms with van der Waals surface area (Å²) >= 11 is 0. The van der Waals surface area contributed by atoms with E-state index in [4.69, 9.17) is 10.2 Å². The van der Waals surface area contributed by atoms with Gasteiger partial charge in [0.2, 0.25) is 0 Å². The van der Waals surface area contributed by atoms with E-state index in [0.29, 0.717) is 6.42 Å². The minimum absolute atomic E-state index is 0. The van der Waals surface area contributed by atoms with Gasteiger partial charge in [-0.05, 0) is 41.6 Å². The van der Waals surface area contributed by atoms with E-state index in [-0.39, 0.29) is 59.4 Å². The summed E-state index contributed by atoms with van der Waals surface area (Å²) in [7, 11) is 0. The summed E-state index contributed by atoms with van der Waals surface area (Å²) in [6.07, 6.45) is 37.4. The third-order valence-corrected chi connectivity index (χ3v) is 8.10. The van der Waals surface area contributed by atoms with Crippen molar-refractivity contribution < 1.29 is 37.1 Å². The SMILES string of the molecule is CCCCCCCCCCCCC(O)C1=CC=C(CO)C1.O=CC1=CC=C(CO)C1.[Br-].[CH2-]CCCCCCCCCCC.[Mg+2]. The summed E-state index contributed by atoms with van der Waals surface area (Å²) in [4.78, 5) is 10.1. The topological polar surface area (TPSA) is 77.8 Å². The van der Waals surface area contributed by atoms with Gasteiger partial charge in [-0.3, -0.25) is 4.79 Å². The largest absolute Gasteiger partial charge is 2.00 e. The van der Waals surface area contributed by atoms with E-state index in [1.165, 1.54) is 116 Å². The van der Waals surface area contributed by atoms with Crippen LogP contribution in [0, 0.1) is 6.92 Å². The zero-order valence-electron chi connectivity index (χ0n) is 28.7. The van der Waals surface area contributed by atoms with Gasteiger partial charge in [-0.25, -0.2) is 0 Å². The van der Waals surface area contributed by atoms with E-state index >= 15 is 0 Å². The third-order valence-electron chi connectivity index (χ3n) is 8.10. The number of halogens is 1. The van der Waals surface area contributed by atoms with Crippen LogP contribution in [0.15, 0.2) is 46.6 Å². The maximum Gasteiger partial charge on any atom is 2.00 e. The average Bonchev–Trinajstić information content (AvgIpc) is 3.70. The second kappa shape index (κ2) is 37.2. The number of allylic oxidation sites excluding steroid dienone is 5. The Labute approximate surface area is 299 Å². The number of carbonyl (C=O) groups is 1. The number of aldehydes is 1. The van der Waals surface area contributed by atoms with Crippen LogP contribution < -0.4 is 17.0 Å². The number of aliphatic hydroxyl groups is 3.